The fraction of sp³-hybridized carbons (Fsp3) is 0.438. The molecule has 2 rings (SSSR count). The van der Waals surface area contributed by atoms with Crippen LogP contribution in [0.15, 0.2) is 24.4 Å². The van der Waals surface area contributed by atoms with Crippen LogP contribution in [0.1, 0.15) is 20.3 Å². The molecular formula is C16H24N4O. The highest BCUT2D eigenvalue weighted by Gasteiger charge is 2.11. The number of ether oxygens (including phenoxy) is 1. The van der Waals surface area contributed by atoms with Gasteiger partial charge in [-0.2, -0.15) is 0 Å². The van der Waals surface area contributed by atoms with E-state index in [-0.39, 0.29) is 0 Å². The molecule has 5 nitrogen and oxygen atoms in total. The third kappa shape index (κ3) is 3.76. The van der Waals surface area contributed by atoms with Crippen LogP contribution in [-0.4, -0.2) is 31.2 Å². The zero-order valence-corrected chi connectivity index (χ0v) is 12.9. The number of fused-ring (bicyclic) bond motifs is 1. The summed E-state index contributed by atoms with van der Waals surface area (Å²) in [5, 5.41) is 7.76. The molecule has 0 unspecified atom stereocenters. The normalized spacial score (nSPS) is 11.0. The van der Waals surface area contributed by atoms with Crippen LogP contribution in [0.25, 0.3) is 10.9 Å². The van der Waals surface area contributed by atoms with Gasteiger partial charge in [-0.1, -0.05) is 19.9 Å². The van der Waals surface area contributed by atoms with E-state index >= 15 is 0 Å². The van der Waals surface area contributed by atoms with Gasteiger partial charge < -0.3 is 21.1 Å². The Morgan fingerprint density at radius 1 is 1.29 bits per heavy atom. The Morgan fingerprint density at radius 2 is 2.10 bits per heavy atom. The molecule has 0 aliphatic carbocycles. The standard InChI is InChI=1S/C16H24N4O/c1-11(2)18-8-5-9-19-16-14(21-3)10-20-13-7-4-6-12(17)15(13)16/h4,6-7,10-11,18H,5,8-9,17H2,1-3H3,(H,19,20). The summed E-state index contributed by atoms with van der Waals surface area (Å²) in [4.78, 5) is 4.38. The molecule has 0 radical (unpaired) electrons. The molecule has 0 bridgehead atoms. The molecule has 21 heavy (non-hydrogen) atoms. The second-order valence-electron chi connectivity index (χ2n) is 5.33. The van der Waals surface area contributed by atoms with Crippen LogP contribution in [0.2, 0.25) is 0 Å². The molecule has 0 aliphatic heterocycles. The van der Waals surface area contributed by atoms with Crippen molar-refractivity contribution in [3.8, 4) is 5.75 Å². The first-order valence-electron chi connectivity index (χ1n) is 7.32. The van der Waals surface area contributed by atoms with Crippen molar-refractivity contribution < 1.29 is 4.74 Å². The smallest absolute Gasteiger partial charge is 0.160 e. The predicted molar refractivity (Wildman–Crippen MR) is 89.0 cm³/mol. The third-order valence-electron chi connectivity index (χ3n) is 3.32. The van der Waals surface area contributed by atoms with E-state index in [1.807, 2.05) is 18.2 Å². The predicted octanol–water partition coefficient (Wildman–Crippen LogP) is 2.63. The first-order valence-corrected chi connectivity index (χ1v) is 7.32. The van der Waals surface area contributed by atoms with Gasteiger partial charge in [-0.05, 0) is 25.1 Å². The highest BCUT2D eigenvalue weighted by molar-refractivity contribution is 6.02. The average Bonchev–Trinajstić information content (AvgIpc) is 2.46. The SMILES string of the molecule is COc1cnc2cccc(N)c2c1NCCCNC(C)C. The van der Waals surface area contributed by atoms with Gasteiger partial charge in [0.15, 0.2) is 5.75 Å². The molecule has 1 aromatic carbocycles. The van der Waals surface area contributed by atoms with E-state index in [2.05, 4.69) is 29.5 Å². The van der Waals surface area contributed by atoms with Crippen LogP contribution >= 0.6 is 0 Å². The summed E-state index contributed by atoms with van der Waals surface area (Å²) in [6.45, 7) is 6.12. The molecular weight excluding hydrogens is 264 g/mol. The average molecular weight is 288 g/mol. The van der Waals surface area contributed by atoms with Crippen molar-refractivity contribution in [1.82, 2.24) is 10.3 Å². The summed E-state index contributed by atoms with van der Waals surface area (Å²) >= 11 is 0. The Labute approximate surface area is 125 Å². The molecule has 5 heteroatoms. The third-order valence-corrected chi connectivity index (χ3v) is 3.32. The van der Waals surface area contributed by atoms with E-state index in [4.69, 9.17) is 10.5 Å². The largest absolute Gasteiger partial charge is 0.493 e. The quantitative estimate of drug-likeness (QED) is 0.539. The van der Waals surface area contributed by atoms with Crippen molar-refractivity contribution in [2.45, 2.75) is 26.3 Å². The summed E-state index contributed by atoms with van der Waals surface area (Å²) in [7, 11) is 1.65. The number of aromatic nitrogens is 1. The number of nitrogens with zero attached hydrogens (tertiary/aromatic N) is 1. The molecule has 0 saturated heterocycles. The Kier molecular flexibility index (Phi) is 5.22. The maximum Gasteiger partial charge on any atom is 0.160 e. The molecule has 114 valence electrons. The van der Waals surface area contributed by atoms with Crippen LogP contribution in [0, 0.1) is 0 Å². The zero-order chi connectivity index (χ0) is 15.2. The molecule has 4 N–H and O–H groups in total. The number of nitrogens with two attached hydrogens (primary N) is 1. The summed E-state index contributed by atoms with van der Waals surface area (Å²) in [5.41, 5.74) is 8.61. The van der Waals surface area contributed by atoms with Gasteiger partial charge in [0.2, 0.25) is 0 Å². The van der Waals surface area contributed by atoms with Crippen molar-refractivity contribution in [2.75, 3.05) is 31.2 Å². The molecule has 1 aromatic heterocycles. The number of hydrogen-bond donors (Lipinski definition) is 3. The fourth-order valence-electron chi connectivity index (χ4n) is 2.28. The first kappa shape index (κ1) is 15.4. The minimum atomic E-state index is 0.511. The van der Waals surface area contributed by atoms with Gasteiger partial charge in [0.1, 0.15) is 0 Å². The van der Waals surface area contributed by atoms with Crippen molar-refractivity contribution >= 4 is 22.3 Å². The maximum atomic E-state index is 6.10. The molecule has 0 aliphatic rings. The lowest BCUT2D eigenvalue weighted by molar-refractivity contribution is 0.415. The molecule has 0 fully saturated rings. The molecule has 0 spiro atoms. The van der Waals surface area contributed by atoms with Gasteiger partial charge in [-0.15, -0.1) is 0 Å². The Morgan fingerprint density at radius 3 is 2.81 bits per heavy atom. The lowest BCUT2D eigenvalue weighted by Gasteiger charge is -2.15. The van der Waals surface area contributed by atoms with Crippen molar-refractivity contribution in [3.63, 3.8) is 0 Å². The molecule has 0 atom stereocenters. The zero-order valence-electron chi connectivity index (χ0n) is 12.9. The second-order valence-corrected chi connectivity index (χ2v) is 5.33. The summed E-state index contributed by atoms with van der Waals surface area (Å²) in [6, 6.07) is 6.26. The number of nitrogen functional groups attached to an aromatic ring is 1. The van der Waals surface area contributed by atoms with Crippen LogP contribution in [0.5, 0.6) is 5.75 Å². The van der Waals surface area contributed by atoms with Gasteiger partial charge >= 0.3 is 0 Å². The van der Waals surface area contributed by atoms with E-state index in [1.165, 1.54) is 0 Å². The number of rotatable bonds is 7. The number of hydrogen-bond acceptors (Lipinski definition) is 5. The summed E-state index contributed by atoms with van der Waals surface area (Å²) in [5.74, 6) is 0.720. The topological polar surface area (TPSA) is 72.2 Å². The van der Waals surface area contributed by atoms with Crippen LogP contribution in [-0.2, 0) is 0 Å². The van der Waals surface area contributed by atoms with E-state index in [0.717, 1.165) is 41.9 Å². The lowest BCUT2D eigenvalue weighted by atomic mass is 10.1. The van der Waals surface area contributed by atoms with Gasteiger partial charge in [-0.3, -0.25) is 4.98 Å². The molecule has 2 aromatic rings. The van der Waals surface area contributed by atoms with Gasteiger partial charge in [-0.25, -0.2) is 0 Å². The van der Waals surface area contributed by atoms with Gasteiger partial charge in [0, 0.05) is 18.3 Å². The molecule has 0 saturated carbocycles. The van der Waals surface area contributed by atoms with Crippen molar-refractivity contribution in [2.24, 2.45) is 0 Å². The number of pyridine rings is 1. The Balaban J connectivity index is 2.16. The minimum Gasteiger partial charge on any atom is -0.493 e. The first-order chi connectivity index (χ1) is 10.1. The Bertz CT molecular complexity index is 598. The highest BCUT2D eigenvalue weighted by atomic mass is 16.5. The maximum absolute atomic E-state index is 6.10. The van der Waals surface area contributed by atoms with E-state index in [1.54, 1.807) is 13.3 Å². The van der Waals surface area contributed by atoms with Crippen LogP contribution in [0.4, 0.5) is 11.4 Å². The lowest BCUT2D eigenvalue weighted by Crippen LogP contribution is -2.25. The monoisotopic (exact) mass is 288 g/mol. The van der Waals surface area contributed by atoms with Crippen LogP contribution in [0.3, 0.4) is 0 Å². The van der Waals surface area contributed by atoms with Crippen LogP contribution < -0.4 is 21.1 Å². The van der Waals surface area contributed by atoms with Crippen molar-refractivity contribution in [1.29, 1.82) is 0 Å². The highest BCUT2D eigenvalue weighted by Crippen LogP contribution is 2.34. The van der Waals surface area contributed by atoms with Gasteiger partial charge in [0.05, 0.1) is 29.9 Å². The number of anilines is 2. The summed E-state index contributed by atoms with van der Waals surface area (Å²) in [6.07, 6.45) is 2.76. The second kappa shape index (κ2) is 7.13. The minimum absolute atomic E-state index is 0.511. The number of benzene rings is 1. The number of nitrogens with one attached hydrogen (secondary N) is 2. The van der Waals surface area contributed by atoms with Crippen molar-refractivity contribution in [3.05, 3.63) is 24.4 Å². The Hall–Kier alpha value is -2.01. The number of methoxy groups -OCH3 is 1. The van der Waals surface area contributed by atoms with E-state index in [0.29, 0.717) is 11.7 Å². The van der Waals surface area contributed by atoms with Gasteiger partial charge in [0.25, 0.3) is 0 Å². The molecule has 0 amide bonds. The summed E-state index contributed by atoms with van der Waals surface area (Å²) < 4.78 is 5.41. The van der Waals surface area contributed by atoms with E-state index in [9.17, 15) is 0 Å². The van der Waals surface area contributed by atoms with E-state index < -0.39 is 0 Å². The fourth-order valence-corrected chi connectivity index (χ4v) is 2.28. The molecule has 1 heterocycles.